The van der Waals surface area contributed by atoms with E-state index >= 15 is 0 Å². The fourth-order valence-corrected chi connectivity index (χ4v) is 2.66. The lowest BCUT2D eigenvalue weighted by Crippen LogP contribution is -2.24. The third-order valence-electron chi connectivity index (χ3n) is 4.10. The largest absolute Gasteiger partial charge is 0.497 e. The SMILES string of the molecule is CNC(C)c1ccc(OC)cc1OCC1CCC(C)(C)O1. The van der Waals surface area contributed by atoms with Crippen LogP contribution in [0.5, 0.6) is 11.5 Å². The number of ether oxygens (including phenoxy) is 3. The van der Waals surface area contributed by atoms with Crippen LogP contribution in [-0.4, -0.2) is 32.5 Å². The molecule has 0 bridgehead atoms. The third kappa shape index (κ3) is 4.11. The van der Waals surface area contributed by atoms with Crippen LogP contribution in [0.15, 0.2) is 18.2 Å². The van der Waals surface area contributed by atoms with Crippen molar-refractivity contribution in [1.29, 1.82) is 0 Å². The summed E-state index contributed by atoms with van der Waals surface area (Å²) in [6.07, 6.45) is 2.30. The number of hydrogen-bond donors (Lipinski definition) is 1. The molecule has 1 N–H and O–H groups in total. The van der Waals surface area contributed by atoms with E-state index in [1.807, 2.05) is 19.2 Å². The lowest BCUT2D eigenvalue weighted by molar-refractivity contribution is -0.0328. The average Bonchev–Trinajstić information content (AvgIpc) is 2.83. The van der Waals surface area contributed by atoms with Crippen molar-refractivity contribution in [3.8, 4) is 11.5 Å². The van der Waals surface area contributed by atoms with E-state index in [0.717, 1.165) is 29.9 Å². The predicted octanol–water partition coefficient (Wildman–Crippen LogP) is 3.31. The van der Waals surface area contributed by atoms with Gasteiger partial charge < -0.3 is 19.5 Å². The Morgan fingerprint density at radius 3 is 2.76 bits per heavy atom. The first-order chi connectivity index (χ1) is 9.95. The van der Waals surface area contributed by atoms with E-state index in [-0.39, 0.29) is 17.7 Å². The lowest BCUT2D eigenvalue weighted by Gasteiger charge is -2.21. The number of hydrogen-bond acceptors (Lipinski definition) is 4. The van der Waals surface area contributed by atoms with Gasteiger partial charge in [-0.05, 0) is 46.7 Å². The Balaban J connectivity index is 2.07. The number of rotatable bonds is 6. The summed E-state index contributed by atoms with van der Waals surface area (Å²) >= 11 is 0. The molecule has 1 aromatic rings. The molecule has 0 spiro atoms. The summed E-state index contributed by atoms with van der Waals surface area (Å²) in [6, 6.07) is 6.19. The highest BCUT2D eigenvalue weighted by Crippen LogP contribution is 2.32. The molecule has 1 heterocycles. The minimum Gasteiger partial charge on any atom is -0.497 e. The molecule has 1 saturated heterocycles. The van der Waals surface area contributed by atoms with Gasteiger partial charge in [-0.1, -0.05) is 6.07 Å². The molecule has 118 valence electrons. The van der Waals surface area contributed by atoms with Crippen LogP contribution in [-0.2, 0) is 4.74 Å². The fraction of sp³-hybridized carbons (Fsp3) is 0.647. The second-order valence-corrected chi connectivity index (χ2v) is 6.26. The monoisotopic (exact) mass is 293 g/mol. The van der Waals surface area contributed by atoms with E-state index in [1.165, 1.54) is 0 Å². The van der Waals surface area contributed by atoms with Crippen molar-refractivity contribution in [3.05, 3.63) is 23.8 Å². The molecule has 1 aromatic carbocycles. The first-order valence-electron chi connectivity index (χ1n) is 7.61. The minimum absolute atomic E-state index is 0.0243. The molecule has 1 aliphatic rings. The molecule has 4 heteroatoms. The normalized spacial score (nSPS) is 22.0. The second kappa shape index (κ2) is 6.67. The lowest BCUT2D eigenvalue weighted by atomic mass is 10.1. The van der Waals surface area contributed by atoms with Gasteiger partial charge in [0.1, 0.15) is 18.1 Å². The Morgan fingerprint density at radius 1 is 1.43 bits per heavy atom. The van der Waals surface area contributed by atoms with Crippen LogP contribution < -0.4 is 14.8 Å². The summed E-state index contributed by atoms with van der Waals surface area (Å²) in [7, 11) is 3.62. The summed E-state index contributed by atoms with van der Waals surface area (Å²) in [5, 5.41) is 3.25. The van der Waals surface area contributed by atoms with Crippen LogP contribution >= 0.6 is 0 Å². The predicted molar refractivity (Wildman–Crippen MR) is 84.1 cm³/mol. The first-order valence-corrected chi connectivity index (χ1v) is 7.61. The van der Waals surface area contributed by atoms with Gasteiger partial charge in [-0.15, -0.1) is 0 Å². The van der Waals surface area contributed by atoms with Crippen LogP contribution in [0.1, 0.15) is 45.2 Å². The highest BCUT2D eigenvalue weighted by molar-refractivity contribution is 5.42. The van der Waals surface area contributed by atoms with Gasteiger partial charge in [0.2, 0.25) is 0 Å². The van der Waals surface area contributed by atoms with Gasteiger partial charge in [0.05, 0.1) is 18.8 Å². The van der Waals surface area contributed by atoms with Crippen LogP contribution in [0.3, 0.4) is 0 Å². The van der Waals surface area contributed by atoms with Crippen molar-refractivity contribution < 1.29 is 14.2 Å². The standard InChI is InChI=1S/C17H27NO3/c1-12(18-4)15-7-6-13(19-5)10-16(15)20-11-14-8-9-17(2,3)21-14/h6-7,10,12,14,18H,8-9,11H2,1-5H3. The molecule has 1 fully saturated rings. The van der Waals surface area contributed by atoms with Crippen LogP contribution in [0.2, 0.25) is 0 Å². The van der Waals surface area contributed by atoms with Gasteiger partial charge >= 0.3 is 0 Å². The molecular weight excluding hydrogens is 266 g/mol. The van der Waals surface area contributed by atoms with Gasteiger partial charge in [-0.3, -0.25) is 0 Å². The van der Waals surface area contributed by atoms with Crippen molar-refractivity contribution in [1.82, 2.24) is 5.32 Å². The molecule has 0 aromatic heterocycles. The first kappa shape index (κ1) is 16.1. The maximum absolute atomic E-state index is 6.03. The molecule has 2 rings (SSSR count). The topological polar surface area (TPSA) is 39.7 Å². The molecule has 2 atom stereocenters. The van der Waals surface area contributed by atoms with E-state index in [4.69, 9.17) is 14.2 Å². The van der Waals surface area contributed by atoms with Crippen LogP contribution in [0.4, 0.5) is 0 Å². The molecule has 0 saturated carbocycles. The summed E-state index contributed by atoms with van der Waals surface area (Å²) in [5.41, 5.74) is 1.11. The Morgan fingerprint density at radius 2 is 2.19 bits per heavy atom. The highest BCUT2D eigenvalue weighted by Gasteiger charge is 2.32. The minimum atomic E-state index is -0.0243. The molecule has 0 radical (unpaired) electrons. The molecule has 1 aliphatic heterocycles. The highest BCUT2D eigenvalue weighted by atomic mass is 16.6. The maximum atomic E-state index is 6.03. The van der Waals surface area contributed by atoms with Gasteiger partial charge in [0.15, 0.2) is 0 Å². The summed E-state index contributed by atoms with van der Waals surface area (Å²) in [5.74, 6) is 1.68. The molecule has 0 aliphatic carbocycles. The molecule has 4 nitrogen and oxygen atoms in total. The smallest absolute Gasteiger partial charge is 0.127 e. The molecule has 0 amide bonds. The van der Waals surface area contributed by atoms with Crippen LogP contribution in [0, 0.1) is 0 Å². The van der Waals surface area contributed by atoms with E-state index in [9.17, 15) is 0 Å². The average molecular weight is 293 g/mol. The zero-order valence-corrected chi connectivity index (χ0v) is 13.7. The number of benzene rings is 1. The fourth-order valence-electron chi connectivity index (χ4n) is 2.66. The zero-order valence-electron chi connectivity index (χ0n) is 13.7. The van der Waals surface area contributed by atoms with Crippen molar-refractivity contribution in [2.45, 2.75) is 51.4 Å². The number of methoxy groups -OCH3 is 1. The molecule has 2 unspecified atom stereocenters. The van der Waals surface area contributed by atoms with Gasteiger partial charge in [-0.2, -0.15) is 0 Å². The summed E-state index contributed by atoms with van der Waals surface area (Å²) < 4.78 is 17.3. The zero-order chi connectivity index (χ0) is 15.5. The molecular formula is C17H27NO3. The van der Waals surface area contributed by atoms with E-state index in [0.29, 0.717) is 6.61 Å². The van der Waals surface area contributed by atoms with Crippen molar-refractivity contribution in [3.63, 3.8) is 0 Å². The van der Waals surface area contributed by atoms with Crippen LogP contribution in [0.25, 0.3) is 0 Å². The Hall–Kier alpha value is -1.26. The van der Waals surface area contributed by atoms with Gasteiger partial charge in [-0.25, -0.2) is 0 Å². The maximum Gasteiger partial charge on any atom is 0.127 e. The summed E-state index contributed by atoms with van der Waals surface area (Å²) in [4.78, 5) is 0. The van der Waals surface area contributed by atoms with Crippen molar-refractivity contribution in [2.24, 2.45) is 0 Å². The quantitative estimate of drug-likeness (QED) is 0.873. The van der Waals surface area contributed by atoms with Gasteiger partial charge in [0.25, 0.3) is 0 Å². The van der Waals surface area contributed by atoms with Crippen molar-refractivity contribution >= 4 is 0 Å². The van der Waals surface area contributed by atoms with Crippen molar-refractivity contribution in [2.75, 3.05) is 20.8 Å². The Bertz CT molecular complexity index is 473. The van der Waals surface area contributed by atoms with E-state index in [2.05, 4.69) is 32.2 Å². The number of nitrogens with one attached hydrogen (secondary N) is 1. The Labute approximate surface area is 127 Å². The third-order valence-corrected chi connectivity index (χ3v) is 4.10. The Kier molecular flexibility index (Phi) is 5.12. The van der Waals surface area contributed by atoms with E-state index < -0.39 is 0 Å². The van der Waals surface area contributed by atoms with Gasteiger partial charge in [0, 0.05) is 17.7 Å². The second-order valence-electron chi connectivity index (χ2n) is 6.26. The summed E-state index contributed by atoms with van der Waals surface area (Å²) in [6.45, 7) is 6.96. The van der Waals surface area contributed by atoms with E-state index in [1.54, 1.807) is 7.11 Å². The molecule has 21 heavy (non-hydrogen) atoms.